The molecule has 1 fully saturated rings. The van der Waals surface area contributed by atoms with E-state index in [4.69, 9.17) is 4.74 Å². The minimum Gasteiger partial charge on any atom is -0.467 e. The number of aromatic nitrogens is 3. The first-order valence-electron chi connectivity index (χ1n) is 5.47. The molecule has 1 aliphatic heterocycles. The second kappa shape index (κ2) is 5.13. The molecule has 98 valence electrons. The first-order chi connectivity index (χ1) is 8.61. The van der Waals surface area contributed by atoms with Gasteiger partial charge in [0.05, 0.1) is 26.5 Å². The van der Waals surface area contributed by atoms with Crippen molar-refractivity contribution in [2.45, 2.75) is 6.10 Å². The molecule has 2 heterocycles. The van der Waals surface area contributed by atoms with Crippen LogP contribution in [0.4, 0.5) is 0 Å². The van der Waals surface area contributed by atoms with E-state index in [0.717, 1.165) is 0 Å². The van der Waals surface area contributed by atoms with Gasteiger partial charge in [-0.15, -0.1) is 5.10 Å². The van der Waals surface area contributed by atoms with Crippen molar-refractivity contribution in [1.82, 2.24) is 19.9 Å². The molecule has 1 aromatic rings. The number of hydrogen-bond donors (Lipinski definition) is 0. The van der Waals surface area contributed by atoms with Crippen LogP contribution in [0.5, 0.6) is 0 Å². The molecule has 1 aliphatic rings. The second-order valence-corrected chi connectivity index (χ2v) is 3.85. The molecule has 8 nitrogen and oxygen atoms in total. The number of aryl methyl sites for hydroxylation is 1. The Morgan fingerprint density at radius 3 is 2.94 bits per heavy atom. The summed E-state index contributed by atoms with van der Waals surface area (Å²) in [4.78, 5) is 26.3. The van der Waals surface area contributed by atoms with Crippen molar-refractivity contribution < 1.29 is 19.1 Å². The number of carbonyl (C=O) groups excluding carboxylic acids is 2. The van der Waals surface area contributed by atoms with E-state index in [-0.39, 0.29) is 18.1 Å². The Morgan fingerprint density at radius 1 is 1.56 bits per heavy atom. The van der Waals surface area contributed by atoms with Crippen molar-refractivity contribution in [3.63, 3.8) is 0 Å². The van der Waals surface area contributed by atoms with Gasteiger partial charge in [-0.05, 0) is 0 Å². The lowest BCUT2D eigenvalue weighted by atomic mass is 10.2. The van der Waals surface area contributed by atoms with E-state index in [9.17, 15) is 9.59 Å². The molecular formula is C10H14N4O4. The zero-order chi connectivity index (χ0) is 13.1. The van der Waals surface area contributed by atoms with Crippen LogP contribution in [0.1, 0.15) is 10.5 Å². The van der Waals surface area contributed by atoms with Crippen molar-refractivity contribution in [3.05, 3.63) is 11.9 Å². The molecule has 0 saturated carbocycles. The number of methoxy groups -OCH3 is 1. The summed E-state index contributed by atoms with van der Waals surface area (Å²) in [7, 11) is 2.92. The summed E-state index contributed by atoms with van der Waals surface area (Å²) in [6, 6.07) is 0. The lowest BCUT2D eigenvalue weighted by Gasteiger charge is -2.30. The van der Waals surface area contributed by atoms with Crippen LogP contribution >= 0.6 is 0 Å². The fourth-order valence-corrected chi connectivity index (χ4v) is 1.71. The van der Waals surface area contributed by atoms with Crippen molar-refractivity contribution in [2.24, 2.45) is 7.05 Å². The molecule has 1 aromatic heterocycles. The van der Waals surface area contributed by atoms with E-state index in [2.05, 4.69) is 14.9 Å². The van der Waals surface area contributed by atoms with Crippen molar-refractivity contribution >= 4 is 11.9 Å². The highest BCUT2D eigenvalue weighted by atomic mass is 16.6. The molecule has 0 aliphatic carbocycles. The fourth-order valence-electron chi connectivity index (χ4n) is 1.71. The van der Waals surface area contributed by atoms with Gasteiger partial charge in [0.2, 0.25) is 0 Å². The lowest BCUT2D eigenvalue weighted by Crippen LogP contribution is -2.49. The maximum Gasteiger partial charge on any atom is 0.336 e. The van der Waals surface area contributed by atoms with Crippen molar-refractivity contribution in [3.8, 4) is 0 Å². The molecule has 2 rings (SSSR count). The summed E-state index contributed by atoms with van der Waals surface area (Å²) in [6.45, 7) is 0.886. The molecule has 0 radical (unpaired) electrons. The topological polar surface area (TPSA) is 86.6 Å². The first kappa shape index (κ1) is 12.5. The number of nitrogens with zero attached hydrogens (tertiary/aromatic N) is 4. The molecule has 0 aromatic carbocycles. The summed E-state index contributed by atoms with van der Waals surface area (Å²) in [5.74, 6) is -0.744. The molecule has 18 heavy (non-hydrogen) atoms. The second-order valence-electron chi connectivity index (χ2n) is 3.85. The van der Waals surface area contributed by atoms with Gasteiger partial charge in [-0.2, -0.15) is 9.90 Å². The van der Waals surface area contributed by atoms with Gasteiger partial charge in [-0.3, -0.25) is 4.79 Å². The van der Waals surface area contributed by atoms with Gasteiger partial charge >= 0.3 is 5.97 Å². The van der Waals surface area contributed by atoms with Crippen LogP contribution in [0, 0.1) is 0 Å². The van der Waals surface area contributed by atoms with E-state index < -0.39 is 12.1 Å². The highest BCUT2D eigenvalue weighted by molar-refractivity contribution is 5.92. The summed E-state index contributed by atoms with van der Waals surface area (Å²) >= 11 is 0. The summed E-state index contributed by atoms with van der Waals surface area (Å²) < 4.78 is 9.84. The van der Waals surface area contributed by atoms with Crippen LogP contribution in [0.25, 0.3) is 0 Å². The normalized spacial score (nSPS) is 19.7. The zero-order valence-electron chi connectivity index (χ0n) is 10.2. The number of morpholine rings is 1. The predicted octanol–water partition coefficient (Wildman–Crippen LogP) is -1.17. The number of ether oxygens (including phenoxy) is 2. The highest BCUT2D eigenvalue weighted by Crippen LogP contribution is 2.09. The summed E-state index contributed by atoms with van der Waals surface area (Å²) in [6.07, 6.45) is 0.662. The van der Waals surface area contributed by atoms with Gasteiger partial charge < -0.3 is 14.4 Å². The molecule has 0 N–H and O–H groups in total. The molecule has 1 unspecified atom stereocenters. The number of carbonyl (C=O) groups is 2. The highest BCUT2D eigenvalue weighted by Gasteiger charge is 2.31. The van der Waals surface area contributed by atoms with Crippen LogP contribution in [-0.2, 0) is 21.3 Å². The zero-order valence-corrected chi connectivity index (χ0v) is 10.2. The standard InChI is InChI=1S/C10H14N4O4/c1-13-11-5-7(12-13)9(15)14-3-4-18-8(6-14)10(16)17-2/h5,8H,3-4,6H2,1-2H3. The van der Waals surface area contributed by atoms with Crippen LogP contribution in [-0.4, -0.2) is 64.7 Å². The Kier molecular flexibility index (Phi) is 3.56. The summed E-state index contributed by atoms with van der Waals surface area (Å²) in [5, 5.41) is 7.77. The fraction of sp³-hybridized carbons (Fsp3) is 0.600. The first-order valence-corrected chi connectivity index (χ1v) is 5.47. The van der Waals surface area contributed by atoms with Crippen molar-refractivity contribution in [2.75, 3.05) is 26.8 Å². The average Bonchev–Trinajstić information content (AvgIpc) is 2.83. The van der Waals surface area contributed by atoms with Gasteiger partial charge in [0.15, 0.2) is 11.8 Å². The van der Waals surface area contributed by atoms with Gasteiger partial charge in [-0.1, -0.05) is 0 Å². The monoisotopic (exact) mass is 254 g/mol. The number of amides is 1. The van der Waals surface area contributed by atoms with Crippen LogP contribution in [0.2, 0.25) is 0 Å². The lowest BCUT2D eigenvalue weighted by molar-refractivity contribution is -0.158. The Hall–Kier alpha value is -1.96. The molecule has 8 heteroatoms. The van der Waals surface area contributed by atoms with Gasteiger partial charge in [0.1, 0.15) is 0 Å². The molecule has 0 spiro atoms. The van der Waals surface area contributed by atoms with E-state index in [1.165, 1.54) is 23.0 Å². The number of rotatable bonds is 2. The third-order valence-electron chi connectivity index (χ3n) is 2.64. The Balaban J connectivity index is 2.05. The quantitative estimate of drug-likeness (QED) is 0.618. The minimum atomic E-state index is -0.732. The van der Waals surface area contributed by atoms with Gasteiger partial charge in [-0.25, -0.2) is 4.79 Å². The third-order valence-corrected chi connectivity index (χ3v) is 2.64. The van der Waals surface area contributed by atoms with Crippen LogP contribution < -0.4 is 0 Å². The van der Waals surface area contributed by atoms with E-state index in [1.807, 2.05) is 0 Å². The van der Waals surface area contributed by atoms with E-state index >= 15 is 0 Å². The Labute approximate surface area is 103 Å². The summed E-state index contributed by atoms with van der Waals surface area (Å²) in [5.41, 5.74) is 0.253. The van der Waals surface area contributed by atoms with E-state index in [0.29, 0.717) is 13.2 Å². The number of hydrogen-bond acceptors (Lipinski definition) is 6. The third kappa shape index (κ3) is 2.48. The molecule has 1 atom stereocenters. The van der Waals surface area contributed by atoms with Crippen molar-refractivity contribution in [1.29, 1.82) is 0 Å². The predicted molar refractivity (Wildman–Crippen MR) is 58.7 cm³/mol. The van der Waals surface area contributed by atoms with Crippen LogP contribution in [0.3, 0.4) is 0 Å². The number of esters is 1. The molecule has 1 saturated heterocycles. The molecule has 0 bridgehead atoms. The van der Waals surface area contributed by atoms with Gasteiger partial charge in [0, 0.05) is 13.6 Å². The molecule has 1 amide bonds. The van der Waals surface area contributed by atoms with Crippen LogP contribution in [0.15, 0.2) is 6.20 Å². The maximum atomic E-state index is 12.1. The minimum absolute atomic E-state index is 0.169. The SMILES string of the molecule is COC(=O)C1CN(C(=O)c2cnn(C)n2)CCO1. The van der Waals surface area contributed by atoms with E-state index in [1.54, 1.807) is 7.05 Å². The largest absolute Gasteiger partial charge is 0.467 e. The Morgan fingerprint density at radius 2 is 2.33 bits per heavy atom. The maximum absolute atomic E-state index is 12.1. The van der Waals surface area contributed by atoms with Gasteiger partial charge in [0.25, 0.3) is 5.91 Å². The smallest absolute Gasteiger partial charge is 0.336 e. The average molecular weight is 254 g/mol. The molecular weight excluding hydrogens is 240 g/mol. The Bertz CT molecular complexity index is 458.